The number of unbranched alkanes of at least 4 members (excludes halogenated alkanes) is 7. The normalized spacial score (nSPS) is 11.3. The highest BCUT2D eigenvalue weighted by Gasteiger charge is 2.10. The van der Waals surface area contributed by atoms with E-state index in [-0.39, 0.29) is 23.3 Å². The fourth-order valence-corrected chi connectivity index (χ4v) is 5.98. The van der Waals surface area contributed by atoms with Gasteiger partial charge in [0.25, 0.3) is 0 Å². The summed E-state index contributed by atoms with van der Waals surface area (Å²) in [5.74, 6) is 0.381. The van der Waals surface area contributed by atoms with E-state index in [1.807, 2.05) is 0 Å². The Hall–Kier alpha value is -3.80. The summed E-state index contributed by atoms with van der Waals surface area (Å²) in [6, 6.07) is 21.3. The number of ether oxygens (including phenoxy) is 2. The highest BCUT2D eigenvalue weighted by molar-refractivity contribution is 5.65. The van der Waals surface area contributed by atoms with Gasteiger partial charge in [-0.3, -0.25) is 0 Å². The zero-order chi connectivity index (χ0) is 33.3. The summed E-state index contributed by atoms with van der Waals surface area (Å²) in [4.78, 5) is 0. The first-order chi connectivity index (χ1) is 22.9. The Morgan fingerprint density at radius 3 is 1.28 bits per heavy atom. The van der Waals surface area contributed by atoms with E-state index < -0.39 is 0 Å². The lowest BCUT2D eigenvalue weighted by Crippen LogP contribution is -2.02. The van der Waals surface area contributed by atoms with Gasteiger partial charge in [-0.25, -0.2) is 17.6 Å². The van der Waals surface area contributed by atoms with Crippen molar-refractivity contribution in [1.82, 2.24) is 0 Å². The smallest absolute Gasteiger partial charge is 0.134 e. The minimum atomic E-state index is -0.372. The monoisotopic (exact) mass is 648 g/mol. The second-order valence-corrected chi connectivity index (χ2v) is 12.4. The van der Waals surface area contributed by atoms with Gasteiger partial charge in [-0.05, 0) is 78.4 Å². The maximum atomic E-state index is 14.6. The van der Waals surface area contributed by atoms with Crippen molar-refractivity contribution in [3.8, 4) is 33.8 Å². The standard InChI is InChI=1S/C41H48F4O2/c1-2-3-12-31(13-8-4-6-10-27-46-36-23-25-38(40(44)29-36)32-15-19-34(42)20-16-32)14-9-5-7-11-28-47-37-24-26-39(41(45)30-37)33-17-21-35(43)22-18-33/h15-26,29-31H,2-14,27-28H2,1H3. The van der Waals surface area contributed by atoms with E-state index in [2.05, 4.69) is 6.92 Å². The molecule has 0 aliphatic heterocycles. The Bertz CT molecular complexity index is 1360. The minimum Gasteiger partial charge on any atom is -0.493 e. The maximum absolute atomic E-state index is 14.6. The Labute approximate surface area is 278 Å². The van der Waals surface area contributed by atoms with Gasteiger partial charge in [0.15, 0.2) is 0 Å². The first kappa shape index (κ1) is 36.0. The zero-order valence-corrected chi connectivity index (χ0v) is 27.6. The van der Waals surface area contributed by atoms with Crippen LogP contribution in [0.5, 0.6) is 11.5 Å². The molecular formula is C41H48F4O2. The van der Waals surface area contributed by atoms with E-state index in [4.69, 9.17) is 9.47 Å². The maximum Gasteiger partial charge on any atom is 0.134 e. The molecule has 252 valence electrons. The number of halogens is 4. The summed E-state index contributed by atoms with van der Waals surface area (Å²) in [7, 11) is 0. The van der Waals surface area contributed by atoms with Gasteiger partial charge >= 0.3 is 0 Å². The molecular weight excluding hydrogens is 600 g/mol. The molecule has 2 nitrogen and oxygen atoms in total. The van der Waals surface area contributed by atoms with E-state index >= 15 is 0 Å². The Morgan fingerprint density at radius 1 is 0.468 bits per heavy atom. The molecule has 47 heavy (non-hydrogen) atoms. The average molecular weight is 649 g/mol. The fourth-order valence-electron chi connectivity index (χ4n) is 5.98. The van der Waals surface area contributed by atoms with E-state index in [1.54, 1.807) is 48.5 Å². The summed E-state index contributed by atoms with van der Waals surface area (Å²) in [5, 5.41) is 0. The molecule has 4 aromatic carbocycles. The SMILES string of the molecule is CCCCC(CCCCCCOc1ccc(-c2ccc(F)cc2)c(F)c1)CCCCCCOc1ccc(-c2ccc(F)cc2)c(F)c1. The van der Waals surface area contributed by atoms with Gasteiger partial charge < -0.3 is 9.47 Å². The van der Waals surface area contributed by atoms with Crippen LogP contribution < -0.4 is 9.47 Å². The summed E-state index contributed by atoms with van der Waals surface area (Å²) in [6.07, 6.45) is 15.2. The molecule has 4 rings (SSSR count). The van der Waals surface area contributed by atoms with Gasteiger partial charge in [-0.2, -0.15) is 0 Å². The summed E-state index contributed by atoms with van der Waals surface area (Å²) in [5.41, 5.74) is 2.15. The molecule has 0 N–H and O–H groups in total. The molecule has 0 aliphatic carbocycles. The first-order valence-corrected chi connectivity index (χ1v) is 17.3. The Balaban J connectivity index is 1.05. The average Bonchev–Trinajstić information content (AvgIpc) is 3.07. The van der Waals surface area contributed by atoms with Crippen LogP contribution in [0.1, 0.15) is 90.4 Å². The lowest BCUT2D eigenvalue weighted by Gasteiger charge is -2.16. The third kappa shape index (κ3) is 12.4. The lowest BCUT2D eigenvalue weighted by atomic mass is 9.90. The third-order valence-electron chi connectivity index (χ3n) is 8.71. The van der Waals surface area contributed by atoms with Gasteiger partial charge in [0.05, 0.1) is 13.2 Å². The van der Waals surface area contributed by atoms with Crippen molar-refractivity contribution in [3.63, 3.8) is 0 Å². The van der Waals surface area contributed by atoms with Gasteiger partial charge in [0, 0.05) is 23.3 Å². The zero-order valence-electron chi connectivity index (χ0n) is 27.6. The quantitative estimate of drug-likeness (QED) is 0.0661. The number of hydrogen-bond acceptors (Lipinski definition) is 2. The van der Waals surface area contributed by atoms with Gasteiger partial charge in [0.2, 0.25) is 0 Å². The van der Waals surface area contributed by atoms with Crippen LogP contribution in [0.3, 0.4) is 0 Å². The number of hydrogen-bond donors (Lipinski definition) is 0. The van der Waals surface area contributed by atoms with Crippen LogP contribution in [0, 0.1) is 29.2 Å². The summed E-state index contributed by atoms with van der Waals surface area (Å²) < 4.78 is 67.1. The van der Waals surface area contributed by atoms with Crippen molar-refractivity contribution in [2.24, 2.45) is 5.92 Å². The second-order valence-electron chi connectivity index (χ2n) is 12.4. The van der Waals surface area contributed by atoms with E-state index in [1.165, 1.54) is 94.2 Å². The van der Waals surface area contributed by atoms with Crippen molar-refractivity contribution < 1.29 is 27.0 Å². The molecule has 0 amide bonds. The van der Waals surface area contributed by atoms with E-state index in [0.717, 1.165) is 31.6 Å². The van der Waals surface area contributed by atoms with Crippen LogP contribution >= 0.6 is 0 Å². The molecule has 0 atom stereocenters. The van der Waals surface area contributed by atoms with Gasteiger partial charge in [-0.15, -0.1) is 0 Å². The van der Waals surface area contributed by atoms with Crippen LogP contribution in [-0.4, -0.2) is 13.2 Å². The van der Waals surface area contributed by atoms with Crippen LogP contribution in [0.25, 0.3) is 22.3 Å². The van der Waals surface area contributed by atoms with Crippen LogP contribution in [0.15, 0.2) is 84.9 Å². The second kappa shape index (κ2) is 19.8. The lowest BCUT2D eigenvalue weighted by molar-refractivity contribution is 0.298. The van der Waals surface area contributed by atoms with Crippen molar-refractivity contribution in [3.05, 3.63) is 108 Å². The fraction of sp³-hybridized carbons (Fsp3) is 0.415. The Morgan fingerprint density at radius 2 is 0.872 bits per heavy atom. The molecule has 0 fully saturated rings. The predicted molar refractivity (Wildman–Crippen MR) is 184 cm³/mol. The Kier molecular flexibility index (Phi) is 15.2. The van der Waals surface area contributed by atoms with Crippen LogP contribution in [0.4, 0.5) is 17.6 Å². The minimum absolute atomic E-state index is 0.342. The van der Waals surface area contributed by atoms with E-state index in [9.17, 15) is 17.6 Å². The van der Waals surface area contributed by atoms with Gasteiger partial charge in [0.1, 0.15) is 34.8 Å². The van der Waals surface area contributed by atoms with Crippen LogP contribution in [0.2, 0.25) is 0 Å². The highest BCUT2D eigenvalue weighted by atomic mass is 19.1. The van der Waals surface area contributed by atoms with Crippen LogP contribution in [-0.2, 0) is 0 Å². The molecule has 0 radical (unpaired) electrons. The highest BCUT2D eigenvalue weighted by Crippen LogP contribution is 2.29. The molecule has 0 unspecified atom stereocenters. The molecule has 0 aromatic heterocycles. The first-order valence-electron chi connectivity index (χ1n) is 17.3. The predicted octanol–water partition coefficient (Wildman–Crippen LogP) is 12.7. The molecule has 0 spiro atoms. The van der Waals surface area contributed by atoms with Crippen molar-refractivity contribution in [2.75, 3.05) is 13.2 Å². The molecule has 0 heterocycles. The van der Waals surface area contributed by atoms with Crippen molar-refractivity contribution in [2.45, 2.75) is 90.4 Å². The van der Waals surface area contributed by atoms with Gasteiger partial charge in [-0.1, -0.05) is 102 Å². The molecule has 0 saturated carbocycles. The topological polar surface area (TPSA) is 18.5 Å². The molecule has 4 aromatic rings. The molecule has 0 saturated heterocycles. The molecule has 6 heteroatoms. The summed E-state index contributed by atoms with van der Waals surface area (Å²) >= 11 is 0. The molecule has 0 bridgehead atoms. The largest absolute Gasteiger partial charge is 0.493 e. The number of rotatable bonds is 21. The third-order valence-corrected chi connectivity index (χ3v) is 8.71. The summed E-state index contributed by atoms with van der Waals surface area (Å²) in [6.45, 7) is 3.38. The van der Waals surface area contributed by atoms with E-state index in [0.29, 0.717) is 47.0 Å². The number of benzene rings is 4. The van der Waals surface area contributed by atoms with Crippen molar-refractivity contribution >= 4 is 0 Å². The van der Waals surface area contributed by atoms with Crippen molar-refractivity contribution in [1.29, 1.82) is 0 Å². The molecule has 0 aliphatic rings.